The third-order valence-corrected chi connectivity index (χ3v) is 4.38. The van der Waals surface area contributed by atoms with E-state index in [0.717, 1.165) is 31.5 Å². The summed E-state index contributed by atoms with van der Waals surface area (Å²) in [5, 5.41) is 6.95. The predicted molar refractivity (Wildman–Crippen MR) is 81.9 cm³/mol. The van der Waals surface area contributed by atoms with Crippen LogP contribution in [0.2, 0.25) is 0 Å². The van der Waals surface area contributed by atoms with Crippen LogP contribution in [0.5, 0.6) is 0 Å². The highest BCUT2D eigenvalue weighted by Crippen LogP contribution is 2.28. The minimum Gasteiger partial charge on any atom is -0.333 e. The number of hydrogen-bond donors (Lipinski definition) is 2. The molecule has 6 heteroatoms. The minimum atomic E-state index is -0.0681. The van der Waals surface area contributed by atoms with E-state index < -0.39 is 0 Å². The van der Waals surface area contributed by atoms with Gasteiger partial charge in [-0.15, -0.1) is 5.10 Å². The lowest BCUT2D eigenvalue weighted by atomic mass is 9.83. The molecule has 3 N–H and O–H groups in total. The van der Waals surface area contributed by atoms with Crippen LogP contribution in [0.1, 0.15) is 62.4 Å². The zero-order chi connectivity index (χ0) is 15.2. The first-order valence-electron chi connectivity index (χ1n) is 8.13. The normalized spacial score (nSPS) is 22.2. The molecule has 0 saturated heterocycles. The SMILES string of the molecule is CCCc1nc(C(=O)N(CC)C2CCCCC2CN)n[nH]1. The van der Waals surface area contributed by atoms with Crippen molar-refractivity contribution in [2.45, 2.75) is 58.4 Å². The zero-order valence-electron chi connectivity index (χ0n) is 13.1. The molecule has 2 unspecified atom stereocenters. The summed E-state index contributed by atoms with van der Waals surface area (Å²) in [5.41, 5.74) is 5.89. The fourth-order valence-corrected chi connectivity index (χ4v) is 3.27. The van der Waals surface area contributed by atoms with E-state index in [2.05, 4.69) is 22.1 Å². The van der Waals surface area contributed by atoms with Gasteiger partial charge >= 0.3 is 0 Å². The number of H-pyrrole nitrogens is 1. The Morgan fingerprint density at radius 1 is 1.38 bits per heavy atom. The number of aromatic nitrogens is 3. The van der Waals surface area contributed by atoms with Crippen LogP contribution >= 0.6 is 0 Å². The molecule has 0 spiro atoms. The van der Waals surface area contributed by atoms with E-state index in [4.69, 9.17) is 5.73 Å². The summed E-state index contributed by atoms with van der Waals surface area (Å²) < 4.78 is 0. The number of carbonyl (C=O) groups is 1. The number of rotatable bonds is 6. The second-order valence-corrected chi connectivity index (χ2v) is 5.79. The Hall–Kier alpha value is -1.43. The molecule has 1 aromatic rings. The van der Waals surface area contributed by atoms with Crippen LogP contribution in [0, 0.1) is 5.92 Å². The first-order chi connectivity index (χ1) is 10.2. The molecule has 1 fully saturated rings. The summed E-state index contributed by atoms with van der Waals surface area (Å²) in [6, 6.07) is 0.231. The zero-order valence-corrected chi connectivity index (χ0v) is 13.1. The maximum atomic E-state index is 12.7. The van der Waals surface area contributed by atoms with E-state index >= 15 is 0 Å². The number of aromatic amines is 1. The molecule has 1 aromatic heterocycles. The van der Waals surface area contributed by atoms with Crippen LogP contribution in [0.15, 0.2) is 0 Å². The molecule has 0 aliphatic heterocycles. The van der Waals surface area contributed by atoms with E-state index in [1.165, 1.54) is 12.8 Å². The van der Waals surface area contributed by atoms with Gasteiger partial charge in [-0.1, -0.05) is 19.8 Å². The Morgan fingerprint density at radius 2 is 2.14 bits per heavy atom. The van der Waals surface area contributed by atoms with Crippen LogP contribution in [-0.4, -0.2) is 45.1 Å². The first-order valence-corrected chi connectivity index (χ1v) is 8.13. The maximum absolute atomic E-state index is 12.7. The number of carbonyl (C=O) groups excluding carboxylic acids is 1. The van der Waals surface area contributed by atoms with Crippen molar-refractivity contribution in [2.75, 3.05) is 13.1 Å². The van der Waals surface area contributed by atoms with E-state index in [9.17, 15) is 4.79 Å². The third kappa shape index (κ3) is 3.61. The molecule has 1 saturated carbocycles. The van der Waals surface area contributed by atoms with Crippen LogP contribution in [-0.2, 0) is 6.42 Å². The number of hydrogen-bond acceptors (Lipinski definition) is 4. The largest absolute Gasteiger partial charge is 0.333 e. The van der Waals surface area contributed by atoms with Gasteiger partial charge in [-0.3, -0.25) is 9.89 Å². The lowest BCUT2D eigenvalue weighted by Crippen LogP contribution is -2.48. The predicted octanol–water partition coefficient (Wildman–Crippen LogP) is 1.74. The number of nitrogens with two attached hydrogens (primary N) is 1. The molecular weight excluding hydrogens is 266 g/mol. The fraction of sp³-hybridized carbons (Fsp3) is 0.800. The van der Waals surface area contributed by atoms with Crippen molar-refractivity contribution in [1.82, 2.24) is 20.1 Å². The second-order valence-electron chi connectivity index (χ2n) is 5.79. The van der Waals surface area contributed by atoms with Gasteiger partial charge in [0.1, 0.15) is 5.82 Å². The van der Waals surface area contributed by atoms with Gasteiger partial charge in [0.2, 0.25) is 5.82 Å². The van der Waals surface area contributed by atoms with Crippen LogP contribution in [0.3, 0.4) is 0 Å². The summed E-state index contributed by atoms with van der Waals surface area (Å²) in [4.78, 5) is 18.9. The van der Waals surface area contributed by atoms with Gasteiger partial charge in [0.25, 0.3) is 5.91 Å². The molecule has 2 atom stereocenters. The summed E-state index contributed by atoms with van der Waals surface area (Å²) in [5.74, 6) is 1.41. The lowest BCUT2D eigenvalue weighted by molar-refractivity contribution is 0.0548. The van der Waals surface area contributed by atoms with Crippen molar-refractivity contribution in [3.63, 3.8) is 0 Å². The average Bonchev–Trinajstić information content (AvgIpc) is 2.97. The quantitative estimate of drug-likeness (QED) is 0.836. The molecular formula is C15H27N5O. The molecule has 0 radical (unpaired) electrons. The molecule has 6 nitrogen and oxygen atoms in total. The Morgan fingerprint density at radius 3 is 2.81 bits per heavy atom. The van der Waals surface area contributed by atoms with Gasteiger partial charge in [-0.2, -0.15) is 0 Å². The third-order valence-electron chi connectivity index (χ3n) is 4.38. The van der Waals surface area contributed by atoms with Crippen molar-refractivity contribution in [3.05, 3.63) is 11.6 Å². The number of nitrogens with one attached hydrogen (secondary N) is 1. The van der Waals surface area contributed by atoms with Crippen molar-refractivity contribution in [1.29, 1.82) is 0 Å². The highest BCUT2D eigenvalue weighted by Gasteiger charge is 2.33. The monoisotopic (exact) mass is 293 g/mol. The molecule has 1 aliphatic carbocycles. The van der Waals surface area contributed by atoms with Gasteiger partial charge in [-0.05, 0) is 38.6 Å². The standard InChI is InChI=1S/C15H27N5O/c1-3-7-13-17-14(19-18-13)15(21)20(4-2)12-9-6-5-8-11(12)10-16/h11-12H,3-10,16H2,1-2H3,(H,17,18,19). The van der Waals surface area contributed by atoms with Gasteiger partial charge < -0.3 is 10.6 Å². The van der Waals surface area contributed by atoms with Crippen LogP contribution in [0.4, 0.5) is 0 Å². The van der Waals surface area contributed by atoms with Crippen LogP contribution < -0.4 is 5.73 Å². The smallest absolute Gasteiger partial charge is 0.293 e. The summed E-state index contributed by atoms with van der Waals surface area (Å²) >= 11 is 0. The fourth-order valence-electron chi connectivity index (χ4n) is 3.27. The number of aryl methyl sites for hydroxylation is 1. The van der Waals surface area contributed by atoms with E-state index in [1.54, 1.807) is 0 Å². The van der Waals surface area contributed by atoms with Gasteiger partial charge in [0.05, 0.1) is 0 Å². The van der Waals surface area contributed by atoms with Crippen molar-refractivity contribution in [2.24, 2.45) is 11.7 Å². The average molecular weight is 293 g/mol. The topological polar surface area (TPSA) is 87.9 Å². The Balaban J connectivity index is 2.12. The lowest BCUT2D eigenvalue weighted by Gasteiger charge is -2.38. The van der Waals surface area contributed by atoms with Crippen LogP contribution in [0.25, 0.3) is 0 Å². The Labute approximate surface area is 126 Å². The molecule has 2 rings (SSSR count). The molecule has 1 amide bonds. The van der Waals surface area contributed by atoms with Crippen molar-refractivity contribution in [3.8, 4) is 0 Å². The Bertz CT molecular complexity index is 459. The maximum Gasteiger partial charge on any atom is 0.293 e. The van der Waals surface area contributed by atoms with Crippen molar-refractivity contribution >= 4 is 5.91 Å². The summed E-state index contributed by atoms with van der Waals surface area (Å²) in [7, 11) is 0. The molecule has 1 heterocycles. The second kappa shape index (κ2) is 7.54. The first kappa shape index (κ1) is 15.9. The van der Waals surface area contributed by atoms with Gasteiger partial charge in [-0.25, -0.2) is 4.98 Å². The van der Waals surface area contributed by atoms with E-state index in [-0.39, 0.29) is 11.9 Å². The number of amides is 1. The molecule has 1 aliphatic rings. The Kier molecular flexibility index (Phi) is 5.73. The highest BCUT2D eigenvalue weighted by atomic mass is 16.2. The minimum absolute atomic E-state index is 0.0681. The van der Waals surface area contributed by atoms with E-state index in [1.807, 2.05) is 11.8 Å². The number of nitrogens with zero attached hydrogens (tertiary/aromatic N) is 3. The summed E-state index contributed by atoms with van der Waals surface area (Å²) in [6.45, 7) is 5.41. The molecule has 118 valence electrons. The summed E-state index contributed by atoms with van der Waals surface area (Å²) in [6.07, 6.45) is 6.33. The van der Waals surface area contributed by atoms with E-state index in [0.29, 0.717) is 24.8 Å². The van der Waals surface area contributed by atoms with Crippen molar-refractivity contribution < 1.29 is 4.79 Å². The van der Waals surface area contributed by atoms with Gasteiger partial charge in [0.15, 0.2) is 0 Å². The van der Waals surface area contributed by atoms with Gasteiger partial charge in [0, 0.05) is 19.0 Å². The molecule has 0 aromatic carbocycles. The molecule has 21 heavy (non-hydrogen) atoms. The highest BCUT2D eigenvalue weighted by molar-refractivity contribution is 5.90. The molecule has 0 bridgehead atoms.